The summed E-state index contributed by atoms with van der Waals surface area (Å²) in [7, 11) is 5.84. The number of rotatable bonds is 48. The van der Waals surface area contributed by atoms with Crippen LogP contribution in [0.4, 0.5) is 10.5 Å². The first-order valence-corrected chi connectivity index (χ1v) is 37.8. The fraction of sp³-hybridized carbons (Fsp3) is 0.667. The summed E-state index contributed by atoms with van der Waals surface area (Å²) in [6.07, 6.45) is -7.26. The van der Waals surface area contributed by atoms with Crippen molar-refractivity contribution in [3.05, 3.63) is 71.8 Å². The summed E-state index contributed by atoms with van der Waals surface area (Å²) < 4.78 is 34.0. The normalized spacial score (nSPS) is 20.7. The molecule has 2 aromatic rings. The van der Waals surface area contributed by atoms with Gasteiger partial charge in [0.25, 0.3) is 11.8 Å². The van der Waals surface area contributed by atoms with Crippen molar-refractivity contribution < 1.29 is 111 Å². The third kappa shape index (κ3) is 26.9. The van der Waals surface area contributed by atoms with Gasteiger partial charge in [-0.15, -0.1) is 0 Å². The molecule has 3 aliphatic rings. The predicted molar refractivity (Wildman–Crippen MR) is 395 cm³/mol. The number of likely N-dealkylation sites (tertiary alicyclic amines) is 1. The van der Waals surface area contributed by atoms with Crippen molar-refractivity contribution in [2.75, 3.05) is 59.9 Å². The Hall–Kier alpha value is -8.10. The van der Waals surface area contributed by atoms with Gasteiger partial charge in [-0.25, -0.2) is 9.59 Å². The van der Waals surface area contributed by atoms with Gasteiger partial charge >= 0.3 is 12.1 Å². The van der Waals surface area contributed by atoms with Gasteiger partial charge in [-0.2, -0.15) is 0 Å². The van der Waals surface area contributed by atoms with Crippen LogP contribution in [0.15, 0.2) is 60.7 Å². The highest BCUT2D eigenvalue weighted by Crippen LogP contribution is 2.35. The lowest BCUT2D eigenvalue weighted by molar-refractivity contribution is -0.271. The predicted octanol–water partition coefficient (Wildman–Crippen LogP) is 5.66. The number of anilines is 1. The highest BCUT2D eigenvalue weighted by Gasteiger charge is 2.49. The minimum Gasteiger partial charge on any atom is -0.479 e. The van der Waals surface area contributed by atoms with Gasteiger partial charge in [0.15, 0.2) is 17.7 Å². The molecule has 602 valence electrons. The first kappa shape index (κ1) is 90.5. The average molecular weight is 1520 g/mol. The molecule has 9 N–H and O–H groups in total. The molecular weight excluding hydrogens is 1400 g/mol. The van der Waals surface area contributed by atoms with Gasteiger partial charge in [-0.1, -0.05) is 105 Å². The Morgan fingerprint density at radius 2 is 1.39 bits per heavy atom. The number of benzene rings is 2. The van der Waals surface area contributed by atoms with E-state index in [-0.39, 0.29) is 123 Å². The molecular formula is C78H117N7O23. The maximum absolute atomic E-state index is 14.7. The minimum absolute atomic E-state index is 0.0369. The largest absolute Gasteiger partial charge is 0.479 e. The molecule has 30 heteroatoms. The second kappa shape index (κ2) is 45.1. The van der Waals surface area contributed by atoms with E-state index in [0.717, 1.165) is 9.80 Å². The molecule has 0 bridgehead atoms. The van der Waals surface area contributed by atoms with E-state index >= 15 is 0 Å². The summed E-state index contributed by atoms with van der Waals surface area (Å²) in [5, 5.41) is 64.1. The minimum atomic E-state index is -2.06. The Balaban J connectivity index is 1.26. The lowest BCUT2D eigenvalue weighted by Gasteiger charge is -2.38. The quantitative estimate of drug-likeness (QED) is 0.0285. The lowest BCUT2D eigenvalue weighted by atomic mass is 9.84. The number of ether oxygens (including phenoxy) is 6. The molecule has 108 heavy (non-hydrogen) atoms. The van der Waals surface area contributed by atoms with Crippen molar-refractivity contribution in [1.29, 1.82) is 0 Å². The average Bonchev–Trinajstić information content (AvgIpc) is 0.820. The molecule has 2 saturated heterocycles. The van der Waals surface area contributed by atoms with Crippen molar-refractivity contribution >= 4 is 76.4 Å². The Morgan fingerprint density at radius 3 is 2.02 bits per heavy atom. The molecule has 0 saturated carbocycles. The molecule has 8 amide bonds. The third-order valence-corrected chi connectivity index (χ3v) is 20.6. The highest BCUT2D eigenvalue weighted by atomic mass is 16.7. The topological polar surface area (TPSA) is 419 Å². The molecule has 3 heterocycles. The summed E-state index contributed by atoms with van der Waals surface area (Å²) in [6.45, 7) is 15.2. The summed E-state index contributed by atoms with van der Waals surface area (Å²) in [4.78, 5) is 165. The van der Waals surface area contributed by atoms with Crippen LogP contribution in [0.3, 0.4) is 0 Å². The number of aliphatic hydroxyl groups is 4. The molecule has 0 aromatic heterocycles. The SMILES string of the molecule is CC[C@H](C)[C@H](NC(=O)[C@@H](CC(=O)[C@H](C(C)C)N(C)C(=O)OCc1ccc(O[C@@H]2O[C@H](C(=O)O)[C@@H](O)[C@H](O)[C@H]2O)c(NC(=O)CCCC(=O)[C@H](CCCCNC(=O)CCOC)NC(=O)CCCCCN2C(=O)C=CC2=O)c1)C(C)C)[C@@H](CC(=O)N1CCC[C@H]1[C@H](OC)[C@@H](C)C(=O)C[C@H](C)[C@@H](O)c1ccccc1)OC. The van der Waals surface area contributed by atoms with E-state index in [1.807, 2.05) is 51.1 Å². The fourth-order valence-electron chi connectivity index (χ4n) is 14.0. The highest BCUT2D eigenvalue weighted by molar-refractivity contribution is 6.12. The van der Waals surface area contributed by atoms with Crippen molar-refractivity contribution in [2.45, 2.75) is 244 Å². The van der Waals surface area contributed by atoms with Crippen LogP contribution in [0.25, 0.3) is 0 Å². The van der Waals surface area contributed by atoms with E-state index in [0.29, 0.717) is 70.0 Å². The van der Waals surface area contributed by atoms with Gasteiger partial charge in [0, 0.05) is 111 Å². The van der Waals surface area contributed by atoms with Gasteiger partial charge in [-0.3, -0.25) is 52.8 Å². The number of amides is 8. The van der Waals surface area contributed by atoms with Crippen molar-refractivity contribution in [1.82, 2.24) is 30.7 Å². The van der Waals surface area contributed by atoms with Gasteiger partial charge in [0.05, 0.1) is 61.2 Å². The van der Waals surface area contributed by atoms with Crippen LogP contribution < -0.4 is 26.0 Å². The molecule has 5 rings (SSSR count). The van der Waals surface area contributed by atoms with Crippen LogP contribution >= 0.6 is 0 Å². The van der Waals surface area contributed by atoms with Crippen molar-refractivity contribution in [3.8, 4) is 5.75 Å². The number of aliphatic hydroxyl groups excluding tert-OH is 4. The molecule has 2 aromatic carbocycles. The molecule has 3 aliphatic heterocycles. The van der Waals surface area contributed by atoms with E-state index in [4.69, 9.17) is 28.4 Å². The number of methoxy groups -OCH3 is 3. The van der Waals surface area contributed by atoms with Crippen LogP contribution in [0.5, 0.6) is 5.75 Å². The fourth-order valence-corrected chi connectivity index (χ4v) is 14.0. The number of carboxylic acid groups (broad SMARTS) is 1. The van der Waals surface area contributed by atoms with Crippen molar-refractivity contribution in [2.24, 2.45) is 35.5 Å². The molecule has 2 fully saturated rings. The zero-order valence-electron chi connectivity index (χ0n) is 64.6. The van der Waals surface area contributed by atoms with E-state index in [9.17, 15) is 83.1 Å². The number of hydrogen-bond donors (Lipinski definition) is 9. The first-order chi connectivity index (χ1) is 51.3. The van der Waals surface area contributed by atoms with Gasteiger partial charge < -0.3 is 85.0 Å². The number of unbranched alkanes of at least 4 members (excludes halogenated alkanes) is 3. The zero-order chi connectivity index (χ0) is 80.1. The first-order valence-electron chi connectivity index (χ1n) is 37.8. The van der Waals surface area contributed by atoms with E-state index < -0.39 is 151 Å². The van der Waals surface area contributed by atoms with Gasteiger partial charge in [0.1, 0.15) is 36.5 Å². The van der Waals surface area contributed by atoms with E-state index in [1.54, 1.807) is 39.5 Å². The van der Waals surface area contributed by atoms with Crippen LogP contribution in [0.2, 0.25) is 0 Å². The van der Waals surface area contributed by atoms with Crippen molar-refractivity contribution in [3.63, 3.8) is 0 Å². The summed E-state index contributed by atoms with van der Waals surface area (Å²) in [6, 6.07) is 9.94. The zero-order valence-corrected chi connectivity index (χ0v) is 64.6. The number of nitrogens with one attached hydrogen (secondary N) is 4. The van der Waals surface area contributed by atoms with Crippen LogP contribution in [0, 0.1) is 35.5 Å². The number of likely N-dealkylation sites (N-methyl/N-ethyl adjacent to an activating group) is 1. The Morgan fingerprint density at radius 1 is 0.704 bits per heavy atom. The Bertz CT molecular complexity index is 3340. The summed E-state index contributed by atoms with van der Waals surface area (Å²) in [5.41, 5.74) is 0.791. The Labute approximate surface area is 633 Å². The maximum atomic E-state index is 14.7. The summed E-state index contributed by atoms with van der Waals surface area (Å²) >= 11 is 0. The van der Waals surface area contributed by atoms with Crippen LogP contribution in [-0.4, -0.2) is 233 Å². The second-order valence-electron chi connectivity index (χ2n) is 29.3. The monoisotopic (exact) mass is 1520 g/mol. The smallest absolute Gasteiger partial charge is 0.410 e. The maximum Gasteiger partial charge on any atom is 0.410 e. The standard InChI is InChI=1S/C78H117N7O23/c1-13-47(6)67(60(104-11)43-66(94)84-38-23-27-55(84)73(105-12)49(8)57(87)40-48(7)69(95)51-24-16-14-17-25-51)82-75(99)52(45(2)3)42-58(88)68(46(4)5)83(9)78(102)106-44-50-31-32-59(107-77-72(98)70(96)71(97)74(108-77)76(100)101)54(41-50)81-63(91)30-22-28-56(86)53(26-19-20-36-79-61(89)35-39-103-10)80-62(90)29-18-15-21-37-85-64(92)33-34-65(85)93/h14,16-17,24-25,31-34,41,45-49,52-53,55,60,67-74,77,95-98H,13,15,18-23,26-30,35-40,42-44H2,1-12H3,(H,79,89)(H,80,90)(H,81,91)(H,82,99)(H,100,101)/t47-,48-,49-,52-,53-,55-,60+,67-,68-,69+,70-,71-,72+,73+,74-,77+/m0/s1. The number of nitrogens with zero attached hydrogens (tertiary/aromatic N) is 3. The van der Waals surface area contributed by atoms with Crippen LogP contribution in [-0.2, 0) is 83.0 Å². The summed E-state index contributed by atoms with van der Waals surface area (Å²) in [5.74, 6) is -8.73. The molecule has 16 atom stereocenters. The number of carbonyl (C=O) groups is 12. The number of Topliss-reactive ketones (excluding diaryl/α,β-unsaturated/α-hetero) is 3. The Kier molecular flexibility index (Phi) is 37.8. The molecule has 0 radical (unpaired) electrons. The molecule has 0 spiro atoms. The second-order valence-corrected chi connectivity index (χ2v) is 29.3. The molecule has 0 aliphatic carbocycles. The molecule has 0 unspecified atom stereocenters. The van der Waals surface area contributed by atoms with Gasteiger partial charge in [0.2, 0.25) is 35.8 Å². The van der Waals surface area contributed by atoms with E-state index in [1.165, 1.54) is 58.7 Å². The number of aliphatic carboxylic acids is 1. The number of imide groups is 1. The van der Waals surface area contributed by atoms with E-state index in [2.05, 4.69) is 21.3 Å². The lowest BCUT2D eigenvalue weighted by Crippen LogP contribution is -2.61. The number of carboxylic acids is 1. The third-order valence-electron chi connectivity index (χ3n) is 20.6. The van der Waals surface area contributed by atoms with Crippen LogP contribution in [0.1, 0.15) is 182 Å². The number of hydrogen-bond acceptors (Lipinski definition) is 22. The number of ketones is 3. The molecule has 30 nitrogen and oxygen atoms in total. The number of carbonyl (C=O) groups excluding carboxylic acids is 11. The van der Waals surface area contributed by atoms with Gasteiger partial charge in [-0.05, 0) is 98.3 Å².